The molecule has 0 radical (unpaired) electrons. The van der Waals surface area contributed by atoms with E-state index in [-0.39, 0.29) is 24.8 Å². The fourth-order valence-electron chi connectivity index (χ4n) is 2.17. The molecule has 0 atom stereocenters. The summed E-state index contributed by atoms with van der Waals surface area (Å²) in [6.07, 6.45) is 0.833. The Hall–Kier alpha value is -2.80. The van der Waals surface area contributed by atoms with Crippen molar-refractivity contribution in [2.75, 3.05) is 13.2 Å². The predicted octanol–water partition coefficient (Wildman–Crippen LogP) is 2.71. The number of benzene rings is 2. The first kappa shape index (κ1) is 20.5. The van der Waals surface area contributed by atoms with Gasteiger partial charge in [0, 0.05) is 16.7 Å². The summed E-state index contributed by atoms with van der Waals surface area (Å²) < 4.78 is 6.28. The average molecular weight is 432 g/mol. The van der Waals surface area contributed by atoms with Crippen LogP contribution in [-0.2, 0) is 16.0 Å². The van der Waals surface area contributed by atoms with Gasteiger partial charge in [-0.1, -0.05) is 52.8 Å². The molecule has 0 aliphatic rings. The number of nitrogens with one attached hydrogen (secondary N) is 3. The molecule has 142 valence electrons. The predicted molar refractivity (Wildman–Crippen MR) is 108 cm³/mol. The highest BCUT2D eigenvalue weighted by atomic mass is 79.9. The molecular formula is C20H22BrN3O3. The van der Waals surface area contributed by atoms with Gasteiger partial charge in [0.15, 0.2) is 6.61 Å². The summed E-state index contributed by atoms with van der Waals surface area (Å²) in [6.45, 7) is 4.13. The lowest BCUT2D eigenvalue weighted by Crippen LogP contribution is -2.40. The second kappa shape index (κ2) is 11.0. The van der Waals surface area contributed by atoms with Gasteiger partial charge in [-0.3, -0.25) is 15.0 Å². The van der Waals surface area contributed by atoms with Crippen LogP contribution in [0, 0.1) is 0 Å². The van der Waals surface area contributed by atoms with E-state index in [0.717, 1.165) is 16.5 Å². The van der Waals surface area contributed by atoms with E-state index >= 15 is 0 Å². The lowest BCUT2D eigenvalue weighted by atomic mass is 10.1. The van der Waals surface area contributed by atoms with Crippen molar-refractivity contribution < 1.29 is 14.3 Å². The van der Waals surface area contributed by atoms with Crippen molar-refractivity contribution in [1.82, 2.24) is 16.2 Å². The average Bonchev–Trinajstić information content (AvgIpc) is 2.67. The maximum atomic E-state index is 11.9. The van der Waals surface area contributed by atoms with Crippen LogP contribution in [0.4, 0.5) is 0 Å². The SMILES string of the molecule is C=C(CC(=O)NCCc1ccccc1)NNC(=O)COc1ccc(Br)cc1. The van der Waals surface area contributed by atoms with E-state index in [9.17, 15) is 9.59 Å². The number of hydrazine groups is 1. The maximum Gasteiger partial charge on any atom is 0.276 e. The molecule has 6 nitrogen and oxygen atoms in total. The quantitative estimate of drug-likeness (QED) is 0.505. The van der Waals surface area contributed by atoms with Gasteiger partial charge >= 0.3 is 0 Å². The van der Waals surface area contributed by atoms with Crippen LogP contribution >= 0.6 is 15.9 Å². The molecule has 7 heteroatoms. The number of hydrogen-bond donors (Lipinski definition) is 3. The molecule has 2 amide bonds. The summed E-state index contributed by atoms with van der Waals surface area (Å²) in [5.74, 6) is 0.0531. The van der Waals surface area contributed by atoms with Crippen LogP contribution < -0.4 is 20.9 Å². The number of rotatable bonds is 10. The van der Waals surface area contributed by atoms with Crippen molar-refractivity contribution in [2.45, 2.75) is 12.8 Å². The molecular weight excluding hydrogens is 410 g/mol. The number of hydrogen-bond acceptors (Lipinski definition) is 4. The Morgan fingerprint density at radius 2 is 1.67 bits per heavy atom. The Labute approximate surface area is 167 Å². The van der Waals surface area contributed by atoms with Gasteiger partial charge < -0.3 is 15.5 Å². The molecule has 0 saturated carbocycles. The van der Waals surface area contributed by atoms with E-state index < -0.39 is 0 Å². The van der Waals surface area contributed by atoms with Gasteiger partial charge in [0.05, 0.1) is 6.42 Å². The summed E-state index contributed by atoms with van der Waals surface area (Å²) in [5, 5.41) is 2.82. The first-order valence-corrected chi connectivity index (χ1v) is 9.24. The zero-order valence-corrected chi connectivity index (χ0v) is 16.4. The van der Waals surface area contributed by atoms with Crippen LogP contribution in [0.25, 0.3) is 0 Å². The Morgan fingerprint density at radius 1 is 0.963 bits per heavy atom. The van der Waals surface area contributed by atoms with E-state index in [1.807, 2.05) is 42.5 Å². The summed E-state index contributed by atoms with van der Waals surface area (Å²) in [6, 6.07) is 17.1. The normalized spacial score (nSPS) is 9.96. The molecule has 2 aromatic carbocycles. The largest absolute Gasteiger partial charge is 0.484 e. The second-order valence-electron chi connectivity index (χ2n) is 5.78. The monoisotopic (exact) mass is 431 g/mol. The van der Waals surface area contributed by atoms with Gasteiger partial charge in [-0.05, 0) is 36.2 Å². The molecule has 0 saturated heterocycles. The highest BCUT2D eigenvalue weighted by molar-refractivity contribution is 9.10. The Bertz CT molecular complexity index is 764. The third-order valence-electron chi connectivity index (χ3n) is 3.51. The van der Waals surface area contributed by atoms with Crippen LogP contribution in [0.5, 0.6) is 5.75 Å². The molecule has 0 fully saturated rings. The number of carbonyl (C=O) groups excluding carboxylic acids is 2. The number of amides is 2. The molecule has 0 aromatic heterocycles. The molecule has 0 spiro atoms. The van der Waals surface area contributed by atoms with Crippen LogP contribution in [0.15, 0.2) is 71.3 Å². The number of carbonyl (C=O) groups is 2. The Morgan fingerprint density at radius 3 is 2.37 bits per heavy atom. The van der Waals surface area contributed by atoms with Crippen molar-refractivity contribution in [3.63, 3.8) is 0 Å². The fourth-order valence-corrected chi connectivity index (χ4v) is 2.43. The Balaban J connectivity index is 1.58. The minimum Gasteiger partial charge on any atom is -0.484 e. The van der Waals surface area contributed by atoms with Crippen LogP contribution in [-0.4, -0.2) is 25.0 Å². The van der Waals surface area contributed by atoms with Crippen molar-refractivity contribution in [1.29, 1.82) is 0 Å². The molecule has 3 N–H and O–H groups in total. The molecule has 0 unspecified atom stereocenters. The minimum absolute atomic E-state index is 0.0721. The van der Waals surface area contributed by atoms with Crippen molar-refractivity contribution >= 4 is 27.7 Å². The van der Waals surface area contributed by atoms with Crippen molar-refractivity contribution in [3.05, 3.63) is 76.9 Å². The third kappa shape index (κ3) is 8.42. The van der Waals surface area contributed by atoms with Crippen LogP contribution in [0.1, 0.15) is 12.0 Å². The standard InChI is InChI=1S/C20H22BrN3O3/c1-15(13-19(25)22-12-11-16-5-3-2-4-6-16)23-24-20(26)14-27-18-9-7-17(21)8-10-18/h2-10,23H,1,11-14H2,(H,22,25)(H,24,26). The Kier molecular flexibility index (Phi) is 8.38. The van der Waals surface area contributed by atoms with Gasteiger partial charge in [0.2, 0.25) is 5.91 Å². The summed E-state index contributed by atoms with van der Waals surface area (Å²) in [4.78, 5) is 23.6. The molecule has 0 heterocycles. The van der Waals surface area contributed by atoms with Gasteiger partial charge in [0.1, 0.15) is 5.75 Å². The van der Waals surface area contributed by atoms with Gasteiger partial charge in [-0.25, -0.2) is 0 Å². The zero-order chi connectivity index (χ0) is 19.5. The topological polar surface area (TPSA) is 79.5 Å². The van der Waals surface area contributed by atoms with Gasteiger partial charge in [0.25, 0.3) is 5.91 Å². The molecule has 2 aromatic rings. The molecule has 0 aliphatic heterocycles. The maximum absolute atomic E-state index is 11.9. The first-order valence-electron chi connectivity index (χ1n) is 8.44. The molecule has 0 bridgehead atoms. The van der Waals surface area contributed by atoms with E-state index in [1.165, 1.54) is 0 Å². The van der Waals surface area contributed by atoms with Crippen LogP contribution in [0.2, 0.25) is 0 Å². The van der Waals surface area contributed by atoms with E-state index in [0.29, 0.717) is 18.0 Å². The van der Waals surface area contributed by atoms with E-state index in [2.05, 4.69) is 38.7 Å². The fraction of sp³-hybridized carbons (Fsp3) is 0.200. The lowest BCUT2D eigenvalue weighted by Gasteiger charge is -2.12. The van der Waals surface area contributed by atoms with Gasteiger partial charge in [-0.2, -0.15) is 0 Å². The number of halogens is 1. The first-order chi connectivity index (χ1) is 13.0. The zero-order valence-electron chi connectivity index (χ0n) is 14.8. The van der Waals surface area contributed by atoms with Crippen molar-refractivity contribution in [2.24, 2.45) is 0 Å². The molecule has 2 rings (SSSR count). The van der Waals surface area contributed by atoms with Crippen molar-refractivity contribution in [3.8, 4) is 5.75 Å². The van der Waals surface area contributed by atoms with Crippen LogP contribution in [0.3, 0.4) is 0 Å². The highest BCUT2D eigenvalue weighted by Gasteiger charge is 2.06. The summed E-state index contributed by atoms with van der Waals surface area (Å²) in [7, 11) is 0. The third-order valence-corrected chi connectivity index (χ3v) is 4.04. The molecule has 27 heavy (non-hydrogen) atoms. The lowest BCUT2D eigenvalue weighted by molar-refractivity contribution is -0.124. The second-order valence-corrected chi connectivity index (χ2v) is 6.70. The van der Waals surface area contributed by atoms with E-state index in [1.54, 1.807) is 12.1 Å². The number of ether oxygens (including phenoxy) is 1. The highest BCUT2D eigenvalue weighted by Crippen LogP contribution is 2.15. The minimum atomic E-state index is -0.372. The summed E-state index contributed by atoms with van der Waals surface area (Å²) >= 11 is 3.33. The molecule has 0 aliphatic carbocycles. The van der Waals surface area contributed by atoms with Gasteiger partial charge in [-0.15, -0.1) is 0 Å². The smallest absolute Gasteiger partial charge is 0.276 e. The summed E-state index contributed by atoms with van der Waals surface area (Å²) in [5.41, 5.74) is 6.63. The van der Waals surface area contributed by atoms with E-state index in [4.69, 9.17) is 4.74 Å².